The Morgan fingerprint density at radius 3 is 2.84 bits per heavy atom. The monoisotopic (exact) mass is 286 g/mol. The molecular formula is C16H34N2S. The number of hydrogen-bond acceptors (Lipinski definition) is 3. The maximum absolute atomic E-state index is 3.70. The Balaban J connectivity index is 1.93. The highest BCUT2D eigenvalue weighted by molar-refractivity contribution is 7.98. The van der Waals surface area contributed by atoms with Crippen LogP contribution in [0.3, 0.4) is 0 Å². The van der Waals surface area contributed by atoms with Crippen LogP contribution in [0.25, 0.3) is 0 Å². The smallest absolute Gasteiger partial charge is 0.00817 e. The zero-order valence-electron chi connectivity index (χ0n) is 13.0. The van der Waals surface area contributed by atoms with Crippen LogP contribution < -0.4 is 10.6 Å². The van der Waals surface area contributed by atoms with Crippen LogP contribution in [0, 0.1) is 0 Å². The van der Waals surface area contributed by atoms with Gasteiger partial charge in [-0.15, -0.1) is 0 Å². The van der Waals surface area contributed by atoms with E-state index in [0.717, 1.165) is 6.04 Å². The lowest BCUT2D eigenvalue weighted by Crippen LogP contribution is -2.37. The summed E-state index contributed by atoms with van der Waals surface area (Å²) in [6, 6.07) is 1.42. The average Bonchev–Trinajstić information content (AvgIpc) is 2.66. The molecule has 0 bridgehead atoms. The molecule has 114 valence electrons. The van der Waals surface area contributed by atoms with Gasteiger partial charge in [0.2, 0.25) is 0 Å². The van der Waals surface area contributed by atoms with Crippen LogP contribution in [-0.2, 0) is 0 Å². The van der Waals surface area contributed by atoms with E-state index in [-0.39, 0.29) is 0 Å². The molecule has 1 aliphatic heterocycles. The Labute approximate surface area is 124 Å². The lowest BCUT2D eigenvalue weighted by molar-refractivity contribution is 0.400. The molecule has 1 saturated heterocycles. The second-order valence-electron chi connectivity index (χ2n) is 6.00. The molecule has 0 aromatic heterocycles. The number of thioether (sulfide) groups is 1. The zero-order chi connectivity index (χ0) is 13.8. The number of hydrogen-bond donors (Lipinski definition) is 2. The first-order valence-electron chi connectivity index (χ1n) is 8.28. The summed E-state index contributed by atoms with van der Waals surface area (Å²) in [5.74, 6) is 1.33. The van der Waals surface area contributed by atoms with Gasteiger partial charge in [0.1, 0.15) is 0 Å². The van der Waals surface area contributed by atoms with Gasteiger partial charge in [0.25, 0.3) is 0 Å². The van der Waals surface area contributed by atoms with Crippen molar-refractivity contribution in [1.29, 1.82) is 0 Å². The molecule has 3 heteroatoms. The fourth-order valence-electron chi connectivity index (χ4n) is 2.89. The van der Waals surface area contributed by atoms with Gasteiger partial charge in [-0.05, 0) is 64.1 Å². The summed E-state index contributed by atoms with van der Waals surface area (Å²) in [7, 11) is 0. The minimum absolute atomic E-state index is 0.668. The summed E-state index contributed by atoms with van der Waals surface area (Å²) < 4.78 is 0. The fraction of sp³-hybridized carbons (Fsp3) is 1.00. The zero-order valence-corrected chi connectivity index (χ0v) is 13.9. The highest BCUT2D eigenvalue weighted by atomic mass is 32.2. The van der Waals surface area contributed by atoms with E-state index >= 15 is 0 Å². The predicted octanol–water partition coefficient (Wildman–Crippen LogP) is 3.81. The van der Waals surface area contributed by atoms with Gasteiger partial charge < -0.3 is 10.6 Å². The van der Waals surface area contributed by atoms with Crippen LogP contribution in [0.1, 0.15) is 64.7 Å². The summed E-state index contributed by atoms with van der Waals surface area (Å²) in [5.41, 5.74) is 0. The van der Waals surface area contributed by atoms with Crippen LogP contribution in [0.5, 0.6) is 0 Å². The van der Waals surface area contributed by atoms with E-state index in [4.69, 9.17) is 0 Å². The van der Waals surface area contributed by atoms with E-state index < -0.39 is 0 Å². The highest BCUT2D eigenvalue weighted by Crippen LogP contribution is 2.12. The molecule has 2 nitrogen and oxygen atoms in total. The van der Waals surface area contributed by atoms with Crippen LogP contribution in [-0.4, -0.2) is 37.2 Å². The van der Waals surface area contributed by atoms with E-state index in [1.165, 1.54) is 76.6 Å². The van der Waals surface area contributed by atoms with Crippen molar-refractivity contribution >= 4 is 11.8 Å². The van der Waals surface area contributed by atoms with E-state index in [2.05, 4.69) is 23.8 Å². The molecule has 0 aromatic rings. The molecule has 0 spiro atoms. The van der Waals surface area contributed by atoms with Crippen molar-refractivity contribution in [2.24, 2.45) is 0 Å². The van der Waals surface area contributed by atoms with Crippen molar-refractivity contribution in [2.45, 2.75) is 76.8 Å². The summed E-state index contributed by atoms with van der Waals surface area (Å²) in [5, 5.41) is 7.39. The minimum Gasteiger partial charge on any atom is -0.314 e. The van der Waals surface area contributed by atoms with Gasteiger partial charge in [-0.1, -0.05) is 25.7 Å². The summed E-state index contributed by atoms with van der Waals surface area (Å²) in [4.78, 5) is 0. The maximum atomic E-state index is 3.70. The molecule has 2 N–H and O–H groups in total. The van der Waals surface area contributed by atoms with E-state index in [1.54, 1.807) is 0 Å². The molecular weight excluding hydrogens is 252 g/mol. The van der Waals surface area contributed by atoms with Gasteiger partial charge >= 0.3 is 0 Å². The molecule has 0 radical (unpaired) electrons. The Morgan fingerprint density at radius 2 is 2.00 bits per heavy atom. The largest absolute Gasteiger partial charge is 0.314 e. The summed E-state index contributed by atoms with van der Waals surface area (Å²) in [6.45, 7) is 4.78. The van der Waals surface area contributed by atoms with Crippen molar-refractivity contribution in [2.75, 3.05) is 25.1 Å². The maximum Gasteiger partial charge on any atom is 0.00817 e. The van der Waals surface area contributed by atoms with E-state index in [0.29, 0.717) is 6.04 Å². The topological polar surface area (TPSA) is 24.1 Å². The van der Waals surface area contributed by atoms with Crippen molar-refractivity contribution < 1.29 is 0 Å². The van der Waals surface area contributed by atoms with Gasteiger partial charge in [-0.25, -0.2) is 0 Å². The third-order valence-electron chi connectivity index (χ3n) is 4.07. The van der Waals surface area contributed by atoms with Gasteiger partial charge in [-0.3, -0.25) is 0 Å². The quantitative estimate of drug-likeness (QED) is 0.597. The lowest BCUT2D eigenvalue weighted by atomic mass is 10.0. The first-order valence-corrected chi connectivity index (χ1v) is 9.68. The van der Waals surface area contributed by atoms with Gasteiger partial charge in [0.05, 0.1) is 0 Å². The third kappa shape index (κ3) is 9.75. The van der Waals surface area contributed by atoms with E-state index in [9.17, 15) is 0 Å². The summed E-state index contributed by atoms with van der Waals surface area (Å²) in [6.07, 6.45) is 14.6. The lowest BCUT2D eigenvalue weighted by Gasteiger charge is -2.21. The highest BCUT2D eigenvalue weighted by Gasteiger charge is 2.14. The van der Waals surface area contributed by atoms with Crippen molar-refractivity contribution in [3.05, 3.63) is 0 Å². The Hall–Kier alpha value is 0.270. The molecule has 0 aromatic carbocycles. The van der Waals surface area contributed by atoms with Crippen LogP contribution in [0.15, 0.2) is 0 Å². The van der Waals surface area contributed by atoms with Crippen LogP contribution in [0.4, 0.5) is 0 Å². The molecule has 1 fully saturated rings. The third-order valence-corrected chi connectivity index (χ3v) is 4.77. The predicted molar refractivity (Wildman–Crippen MR) is 89.2 cm³/mol. The first kappa shape index (κ1) is 17.3. The van der Waals surface area contributed by atoms with Crippen molar-refractivity contribution in [3.63, 3.8) is 0 Å². The Kier molecular flexibility index (Phi) is 11.0. The summed E-state index contributed by atoms with van der Waals surface area (Å²) >= 11 is 1.97. The van der Waals surface area contributed by atoms with Crippen molar-refractivity contribution in [3.8, 4) is 0 Å². The normalized spacial score (nSPS) is 22.1. The Morgan fingerprint density at radius 1 is 1.16 bits per heavy atom. The van der Waals surface area contributed by atoms with Crippen molar-refractivity contribution in [1.82, 2.24) is 10.6 Å². The molecule has 1 rings (SSSR count). The SMILES string of the molecule is CSCCCCCCNC(C)CC1CCCCCN1. The standard InChI is InChI=1S/C16H34N2S/c1-15(14-16-10-6-5-8-12-18-16)17-11-7-3-4-9-13-19-2/h15-18H,3-14H2,1-2H3. The van der Waals surface area contributed by atoms with Gasteiger partial charge in [-0.2, -0.15) is 11.8 Å². The van der Waals surface area contributed by atoms with Gasteiger partial charge in [0.15, 0.2) is 0 Å². The molecule has 0 saturated carbocycles. The van der Waals surface area contributed by atoms with Crippen LogP contribution >= 0.6 is 11.8 Å². The first-order chi connectivity index (χ1) is 9.33. The number of nitrogens with one attached hydrogen (secondary N) is 2. The van der Waals surface area contributed by atoms with Gasteiger partial charge in [0, 0.05) is 12.1 Å². The Bertz CT molecular complexity index is 191. The van der Waals surface area contributed by atoms with Crippen LogP contribution in [0.2, 0.25) is 0 Å². The second-order valence-corrected chi connectivity index (χ2v) is 6.98. The minimum atomic E-state index is 0.668. The number of rotatable bonds is 10. The van der Waals surface area contributed by atoms with E-state index in [1.807, 2.05) is 11.8 Å². The molecule has 19 heavy (non-hydrogen) atoms. The molecule has 0 amide bonds. The second kappa shape index (κ2) is 12.0. The molecule has 2 unspecified atom stereocenters. The molecule has 0 aliphatic carbocycles. The molecule has 2 atom stereocenters. The average molecular weight is 287 g/mol. The molecule has 1 heterocycles. The molecule has 1 aliphatic rings. The fourth-order valence-corrected chi connectivity index (χ4v) is 3.38. The number of unbranched alkanes of at least 4 members (excludes halogenated alkanes) is 3.